The summed E-state index contributed by atoms with van der Waals surface area (Å²) < 4.78 is 0. The van der Waals surface area contributed by atoms with Crippen LogP contribution in [-0.2, 0) is 0 Å². The van der Waals surface area contributed by atoms with Gasteiger partial charge >= 0.3 is 0 Å². The van der Waals surface area contributed by atoms with Crippen LogP contribution in [0.5, 0.6) is 0 Å². The number of benzene rings is 1. The first-order valence-electron chi connectivity index (χ1n) is 7.10. The molecule has 2 aliphatic rings. The van der Waals surface area contributed by atoms with Crippen molar-refractivity contribution in [3.05, 3.63) is 24.3 Å². The Morgan fingerprint density at radius 3 is 2.21 bits per heavy atom. The van der Waals surface area contributed by atoms with Crippen LogP contribution in [0.2, 0.25) is 0 Å². The molecule has 0 amide bonds. The number of hydrogen-bond donors (Lipinski definition) is 0. The molecule has 1 aromatic carbocycles. The molecule has 0 spiro atoms. The highest BCUT2D eigenvalue weighted by Crippen LogP contribution is 2.31. The van der Waals surface area contributed by atoms with Crippen LogP contribution in [0, 0.1) is 0 Å². The highest BCUT2D eigenvalue weighted by molar-refractivity contribution is 5.86. The van der Waals surface area contributed by atoms with Gasteiger partial charge < -0.3 is 14.7 Å². The quantitative estimate of drug-likeness (QED) is 0.811. The zero-order valence-electron chi connectivity index (χ0n) is 11.8. The normalized spacial score (nSPS) is 19.5. The minimum atomic E-state index is 1.06. The topological polar surface area (TPSA) is 22.1 Å². The van der Waals surface area contributed by atoms with Gasteiger partial charge in [0, 0.05) is 40.3 Å². The van der Waals surface area contributed by atoms with E-state index in [1.165, 1.54) is 18.5 Å². The lowest BCUT2D eigenvalue weighted by Crippen LogP contribution is -2.28. The van der Waals surface area contributed by atoms with Crippen molar-refractivity contribution in [3.8, 4) is 0 Å². The van der Waals surface area contributed by atoms with Crippen LogP contribution >= 0.6 is 0 Å². The summed E-state index contributed by atoms with van der Waals surface area (Å²) in [7, 11) is 4.22. The first kappa shape index (κ1) is 12.3. The van der Waals surface area contributed by atoms with Gasteiger partial charge in [-0.3, -0.25) is 0 Å². The Hall–Kier alpha value is -1.71. The van der Waals surface area contributed by atoms with E-state index in [0.29, 0.717) is 0 Å². The Labute approximate surface area is 115 Å². The number of likely N-dealkylation sites (N-methyl/N-ethyl adjacent to an activating group) is 2. The molecule has 3 rings (SSSR count). The fraction of sp³-hybridized carbons (Fsp3) is 0.533. The number of anilines is 1. The molecule has 2 aliphatic heterocycles. The largest absolute Gasteiger partial charge is 0.370 e. The summed E-state index contributed by atoms with van der Waals surface area (Å²) in [6.45, 7) is 4.43. The van der Waals surface area contributed by atoms with Crippen molar-refractivity contribution in [2.45, 2.75) is 12.8 Å². The molecule has 0 bridgehead atoms. The number of guanidine groups is 1. The Balaban J connectivity index is 1.94. The maximum Gasteiger partial charge on any atom is 0.201 e. The number of hydrogen-bond acceptors (Lipinski definition) is 2. The predicted octanol–water partition coefficient (Wildman–Crippen LogP) is 2.15. The summed E-state index contributed by atoms with van der Waals surface area (Å²) in [4.78, 5) is 11.8. The second-order valence-electron chi connectivity index (χ2n) is 5.44. The second-order valence-corrected chi connectivity index (χ2v) is 5.44. The fourth-order valence-electron chi connectivity index (χ4n) is 2.85. The molecule has 19 heavy (non-hydrogen) atoms. The highest BCUT2D eigenvalue weighted by Gasteiger charge is 2.21. The van der Waals surface area contributed by atoms with Crippen molar-refractivity contribution in [2.75, 3.05) is 45.2 Å². The molecule has 102 valence electrons. The van der Waals surface area contributed by atoms with E-state index in [2.05, 4.69) is 53.1 Å². The lowest BCUT2D eigenvalue weighted by Gasteiger charge is -2.21. The van der Waals surface area contributed by atoms with Crippen LogP contribution in [0.3, 0.4) is 0 Å². The first-order valence-corrected chi connectivity index (χ1v) is 7.10. The lowest BCUT2D eigenvalue weighted by molar-refractivity contribution is 0.553. The molecule has 0 unspecified atom stereocenters. The second kappa shape index (κ2) is 5.11. The molecule has 0 N–H and O–H groups in total. The molecule has 1 aromatic rings. The molecule has 2 fully saturated rings. The van der Waals surface area contributed by atoms with Crippen molar-refractivity contribution in [3.63, 3.8) is 0 Å². The zero-order valence-corrected chi connectivity index (χ0v) is 11.8. The van der Waals surface area contributed by atoms with Crippen molar-refractivity contribution < 1.29 is 0 Å². The van der Waals surface area contributed by atoms with Crippen LogP contribution in [0.4, 0.5) is 11.4 Å². The van der Waals surface area contributed by atoms with E-state index >= 15 is 0 Å². The third-order valence-corrected chi connectivity index (χ3v) is 4.00. The van der Waals surface area contributed by atoms with Crippen LogP contribution in [0.15, 0.2) is 29.3 Å². The van der Waals surface area contributed by atoms with Crippen molar-refractivity contribution in [1.29, 1.82) is 0 Å². The summed E-state index contributed by atoms with van der Waals surface area (Å²) >= 11 is 0. The Kier molecular flexibility index (Phi) is 3.32. The standard InChI is InChI=1S/C15H22N4/c1-17-11-12-18(2)15(17)16-13-7-3-4-8-14(13)19-9-5-6-10-19/h3-4,7-8H,5-6,9-12H2,1-2H3. The van der Waals surface area contributed by atoms with Crippen LogP contribution < -0.4 is 4.90 Å². The number of nitrogens with zero attached hydrogens (tertiary/aromatic N) is 4. The summed E-state index contributed by atoms with van der Waals surface area (Å²) in [5.74, 6) is 1.08. The third-order valence-electron chi connectivity index (χ3n) is 4.00. The smallest absolute Gasteiger partial charge is 0.201 e. The zero-order chi connectivity index (χ0) is 13.2. The van der Waals surface area contributed by atoms with E-state index < -0.39 is 0 Å². The monoisotopic (exact) mass is 258 g/mol. The molecular weight excluding hydrogens is 236 g/mol. The predicted molar refractivity (Wildman–Crippen MR) is 80.2 cm³/mol. The molecule has 4 heteroatoms. The van der Waals surface area contributed by atoms with Gasteiger partial charge in [-0.05, 0) is 25.0 Å². The maximum atomic E-state index is 4.89. The van der Waals surface area contributed by atoms with Crippen molar-refractivity contribution in [2.24, 2.45) is 4.99 Å². The minimum Gasteiger partial charge on any atom is -0.370 e. The molecule has 0 aliphatic carbocycles. The summed E-state index contributed by atoms with van der Waals surface area (Å²) in [6, 6.07) is 8.51. The molecule has 0 aromatic heterocycles. The van der Waals surface area contributed by atoms with Gasteiger partial charge in [-0.25, -0.2) is 4.99 Å². The Morgan fingerprint density at radius 1 is 0.895 bits per heavy atom. The molecule has 0 radical (unpaired) electrons. The van der Waals surface area contributed by atoms with E-state index in [1.54, 1.807) is 0 Å². The van der Waals surface area contributed by atoms with Crippen molar-refractivity contribution >= 4 is 17.3 Å². The third kappa shape index (κ3) is 2.39. The molecule has 4 nitrogen and oxygen atoms in total. The van der Waals surface area contributed by atoms with Gasteiger partial charge in [0.25, 0.3) is 0 Å². The molecular formula is C15H22N4. The van der Waals surface area contributed by atoms with Gasteiger partial charge in [-0.1, -0.05) is 12.1 Å². The molecule has 0 atom stereocenters. The van der Waals surface area contributed by atoms with E-state index in [1.807, 2.05) is 0 Å². The average Bonchev–Trinajstić information content (AvgIpc) is 3.05. The number of para-hydroxylation sites is 2. The van der Waals surface area contributed by atoms with Crippen LogP contribution in [0.25, 0.3) is 0 Å². The van der Waals surface area contributed by atoms with E-state index in [-0.39, 0.29) is 0 Å². The SMILES string of the molecule is CN1CCN(C)C1=Nc1ccccc1N1CCCC1. The molecule has 2 heterocycles. The lowest BCUT2D eigenvalue weighted by atomic mass is 10.2. The fourth-order valence-corrected chi connectivity index (χ4v) is 2.85. The van der Waals surface area contributed by atoms with E-state index in [0.717, 1.165) is 37.8 Å². The summed E-state index contributed by atoms with van der Waals surface area (Å²) in [5.41, 5.74) is 2.38. The first-order chi connectivity index (χ1) is 9.25. The Bertz CT molecular complexity index is 465. The number of aliphatic imine (C=N–C) groups is 1. The van der Waals surface area contributed by atoms with Gasteiger partial charge in [-0.2, -0.15) is 0 Å². The van der Waals surface area contributed by atoms with Crippen LogP contribution in [0.1, 0.15) is 12.8 Å². The maximum absolute atomic E-state index is 4.89. The summed E-state index contributed by atoms with van der Waals surface area (Å²) in [6.07, 6.45) is 2.59. The molecule has 0 saturated carbocycles. The van der Waals surface area contributed by atoms with E-state index in [9.17, 15) is 0 Å². The molecule has 2 saturated heterocycles. The highest BCUT2D eigenvalue weighted by atomic mass is 15.4. The van der Waals surface area contributed by atoms with Crippen LogP contribution in [-0.4, -0.2) is 56.0 Å². The number of rotatable bonds is 2. The Morgan fingerprint density at radius 2 is 1.53 bits per heavy atom. The summed E-state index contributed by atoms with van der Waals surface area (Å²) in [5, 5.41) is 0. The van der Waals surface area contributed by atoms with Gasteiger partial charge in [0.15, 0.2) is 0 Å². The van der Waals surface area contributed by atoms with Gasteiger partial charge in [0.2, 0.25) is 5.96 Å². The van der Waals surface area contributed by atoms with Gasteiger partial charge in [0.1, 0.15) is 0 Å². The van der Waals surface area contributed by atoms with Crippen molar-refractivity contribution in [1.82, 2.24) is 9.80 Å². The minimum absolute atomic E-state index is 1.06. The van der Waals surface area contributed by atoms with Gasteiger partial charge in [0.05, 0.1) is 11.4 Å². The van der Waals surface area contributed by atoms with E-state index in [4.69, 9.17) is 4.99 Å². The average molecular weight is 258 g/mol. The van der Waals surface area contributed by atoms with Gasteiger partial charge in [-0.15, -0.1) is 0 Å².